The zero-order valence-corrected chi connectivity index (χ0v) is 30.0. The van der Waals surface area contributed by atoms with E-state index in [0.29, 0.717) is 0 Å². The highest BCUT2D eigenvalue weighted by atomic mass is 28.3. The van der Waals surface area contributed by atoms with E-state index >= 15 is 0 Å². The van der Waals surface area contributed by atoms with Crippen molar-refractivity contribution in [1.82, 2.24) is 9.38 Å². The molecular weight excluding hydrogens is 659 g/mol. The second-order valence-electron chi connectivity index (χ2n) is 13.6. The van der Waals surface area contributed by atoms with Crippen LogP contribution in [0.15, 0.2) is 212 Å². The minimum atomic E-state index is -2.64. The minimum absolute atomic E-state index is 0.922. The molecule has 3 nitrogen and oxygen atoms in total. The summed E-state index contributed by atoms with van der Waals surface area (Å²) in [5, 5.41) is 5.57. The SMILES string of the molecule is c1ccc(-c2nc3cc(-c4ccc(N5c6ccccc6[Si](c6ccccc6)(c6ccccc6)c6ccccc65)cc4)ccn3c2-c2ccccc2)cc1. The number of hydrogen-bond donors (Lipinski definition) is 0. The van der Waals surface area contributed by atoms with Crippen molar-refractivity contribution in [1.29, 1.82) is 0 Å². The highest BCUT2D eigenvalue weighted by molar-refractivity contribution is 7.21. The van der Waals surface area contributed by atoms with E-state index < -0.39 is 8.07 Å². The lowest BCUT2D eigenvalue weighted by Gasteiger charge is -2.45. The standard InChI is InChI=1S/C49H35N3Si/c1-5-17-37(18-6-1)48-49(38-19-7-2-8-20-38)51-34-33-39(35-47(51)50-48)36-29-31-40(32-30-36)52-43-25-13-15-27-45(43)53(41-21-9-3-10-22-41,42-23-11-4-12-24-42)46-28-16-14-26-44(46)52/h1-35H. The molecule has 10 rings (SSSR count). The van der Waals surface area contributed by atoms with Gasteiger partial charge in [0.15, 0.2) is 8.07 Å². The van der Waals surface area contributed by atoms with Crippen LogP contribution in [0.3, 0.4) is 0 Å². The highest BCUT2D eigenvalue weighted by Crippen LogP contribution is 2.39. The lowest BCUT2D eigenvalue weighted by Crippen LogP contribution is -2.77. The fourth-order valence-electron chi connectivity index (χ4n) is 8.39. The molecule has 0 fully saturated rings. The van der Waals surface area contributed by atoms with Crippen molar-refractivity contribution in [2.75, 3.05) is 4.90 Å². The first-order valence-corrected chi connectivity index (χ1v) is 20.1. The molecular formula is C49H35N3Si. The molecule has 4 heteroatoms. The Morgan fingerprint density at radius 1 is 0.396 bits per heavy atom. The summed E-state index contributed by atoms with van der Waals surface area (Å²) in [5.41, 5.74) is 11.1. The van der Waals surface area contributed by atoms with Crippen molar-refractivity contribution < 1.29 is 0 Å². The van der Waals surface area contributed by atoms with Gasteiger partial charge in [-0.05, 0) is 68.3 Å². The average molecular weight is 694 g/mol. The normalized spacial score (nSPS) is 13.0. The topological polar surface area (TPSA) is 20.5 Å². The molecule has 0 radical (unpaired) electrons. The smallest absolute Gasteiger partial charge is 0.184 e. The third-order valence-electron chi connectivity index (χ3n) is 10.7. The number of hydrogen-bond acceptors (Lipinski definition) is 2. The van der Waals surface area contributed by atoms with E-state index in [-0.39, 0.29) is 0 Å². The van der Waals surface area contributed by atoms with Gasteiger partial charge in [0.2, 0.25) is 0 Å². The molecule has 250 valence electrons. The zero-order chi connectivity index (χ0) is 35.2. The van der Waals surface area contributed by atoms with Crippen LogP contribution in [0.1, 0.15) is 0 Å². The lowest BCUT2D eigenvalue weighted by molar-refractivity contribution is 1.19. The lowest BCUT2D eigenvalue weighted by atomic mass is 10.0. The van der Waals surface area contributed by atoms with Crippen LogP contribution in [0.25, 0.3) is 39.3 Å². The van der Waals surface area contributed by atoms with Crippen molar-refractivity contribution in [3.05, 3.63) is 212 Å². The van der Waals surface area contributed by atoms with E-state index in [1.54, 1.807) is 0 Å². The van der Waals surface area contributed by atoms with Crippen LogP contribution in [0, 0.1) is 0 Å². The fourth-order valence-corrected chi connectivity index (χ4v) is 13.5. The van der Waals surface area contributed by atoms with Gasteiger partial charge < -0.3 is 4.90 Å². The maximum atomic E-state index is 5.21. The predicted molar refractivity (Wildman–Crippen MR) is 223 cm³/mol. The summed E-state index contributed by atoms with van der Waals surface area (Å²) in [4.78, 5) is 7.67. The Balaban J connectivity index is 1.09. The average Bonchev–Trinajstić information content (AvgIpc) is 3.63. The molecule has 0 saturated carbocycles. The summed E-state index contributed by atoms with van der Waals surface area (Å²) in [6.07, 6.45) is 2.16. The maximum absolute atomic E-state index is 5.21. The summed E-state index contributed by atoms with van der Waals surface area (Å²) in [7, 11) is -2.64. The van der Waals surface area contributed by atoms with Crippen molar-refractivity contribution in [2.24, 2.45) is 0 Å². The van der Waals surface area contributed by atoms with Gasteiger partial charge in [0.05, 0.1) is 11.4 Å². The van der Waals surface area contributed by atoms with Crippen LogP contribution < -0.4 is 25.6 Å². The summed E-state index contributed by atoms with van der Waals surface area (Å²) < 4.78 is 2.22. The third-order valence-corrected chi connectivity index (χ3v) is 15.6. The van der Waals surface area contributed by atoms with Gasteiger partial charge in [-0.1, -0.05) is 170 Å². The molecule has 0 bridgehead atoms. The number of anilines is 3. The minimum Gasteiger partial charge on any atom is -0.311 e. The van der Waals surface area contributed by atoms with Gasteiger partial charge >= 0.3 is 0 Å². The number of fused-ring (bicyclic) bond motifs is 3. The summed E-state index contributed by atoms with van der Waals surface area (Å²) >= 11 is 0. The molecule has 0 N–H and O–H groups in total. The Hall–Kier alpha value is -6.75. The Bertz CT molecular complexity index is 2620. The van der Waals surface area contributed by atoms with Gasteiger partial charge in [-0.15, -0.1) is 0 Å². The van der Waals surface area contributed by atoms with E-state index in [9.17, 15) is 0 Å². The highest BCUT2D eigenvalue weighted by Gasteiger charge is 2.48. The van der Waals surface area contributed by atoms with Gasteiger partial charge in [-0.2, -0.15) is 0 Å². The van der Waals surface area contributed by atoms with Crippen molar-refractivity contribution in [3.63, 3.8) is 0 Å². The molecule has 9 aromatic rings. The Labute approximate surface area is 310 Å². The van der Waals surface area contributed by atoms with Crippen LogP contribution in [0.2, 0.25) is 0 Å². The predicted octanol–water partition coefficient (Wildman–Crippen LogP) is 9.50. The second-order valence-corrected chi connectivity index (χ2v) is 17.3. The largest absolute Gasteiger partial charge is 0.311 e. The van der Waals surface area contributed by atoms with Crippen molar-refractivity contribution in [2.45, 2.75) is 0 Å². The molecule has 0 amide bonds. The van der Waals surface area contributed by atoms with Crippen LogP contribution in [0.5, 0.6) is 0 Å². The second kappa shape index (κ2) is 12.8. The Kier molecular flexibility index (Phi) is 7.48. The van der Waals surface area contributed by atoms with Gasteiger partial charge in [0, 0.05) is 34.4 Å². The first-order valence-electron chi connectivity index (χ1n) is 18.1. The summed E-state index contributed by atoms with van der Waals surface area (Å²) in [5.74, 6) is 0. The van der Waals surface area contributed by atoms with E-state index in [1.165, 1.54) is 32.1 Å². The number of imidazole rings is 1. The van der Waals surface area contributed by atoms with Crippen LogP contribution in [-0.4, -0.2) is 17.5 Å². The molecule has 0 unspecified atom stereocenters. The molecule has 0 aliphatic carbocycles. The van der Waals surface area contributed by atoms with Gasteiger partial charge in [0.1, 0.15) is 5.65 Å². The Morgan fingerprint density at radius 2 is 0.887 bits per heavy atom. The maximum Gasteiger partial charge on any atom is 0.184 e. The van der Waals surface area contributed by atoms with Gasteiger partial charge in [-0.3, -0.25) is 4.40 Å². The molecule has 1 aliphatic heterocycles. The van der Waals surface area contributed by atoms with Crippen LogP contribution in [-0.2, 0) is 0 Å². The Morgan fingerprint density at radius 3 is 1.45 bits per heavy atom. The summed E-state index contributed by atoms with van der Waals surface area (Å²) in [6, 6.07) is 74.9. The number of benzene rings is 7. The first-order chi connectivity index (χ1) is 26.3. The number of pyridine rings is 1. The van der Waals surface area contributed by atoms with Gasteiger partial charge in [-0.25, -0.2) is 4.98 Å². The molecule has 7 aromatic carbocycles. The van der Waals surface area contributed by atoms with Crippen molar-refractivity contribution >= 4 is 51.5 Å². The number of aromatic nitrogens is 2. The van der Waals surface area contributed by atoms with Gasteiger partial charge in [0.25, 0.3) is 0 Å². The summed E-state index contributed by atoms with van der Waals surface area (Å²) in [6.45, 7) is 0. The third kappa shape index (κ3) is 4.99. The van der Waals surface area contributed by atoms with E-state index in [4.69, 9.17) is 4.98 Å². The zero-order valence-electron chi connectivity index (χ0n) is 29.0. The molecule has 1 aliphatic rings. The molecule has 0 spiro atoms. The molecule has 0 saturated heterocycles. The monoisotopic (exact) mass is 693 g/mol. The van der Waals surface area contributed by atoms with E-state index in [2.05, 4.69) is 222 Å². The van der Waals surface area contributed by atoms with E-state index in [0.717, 1.165) is 45.0 Å². The fraction of sp³-hybridized carbons (Fsp3) is 0. The molecule has 3 heterocycles. The number of para-hydroxylation sites is 2. The molecule has 53 heavy (non-hydrogen) atoms. The number of nitrogens with zero attached hydrogens (tertiary/aromatic N) is 3. The van der Waals surface area contributed by atoms with Crippen molar-refractivity contribution in [3.8, 4) is 33.6 Å². The first kappa shape index (κ1) is 31.0. The van der Waals surface area contributed by atoms with E-state index in [1.807, 2.05) is 0 Å². The van der Waals surface area contributed by atoms with Crippen LogP contribution >= 0.6 is 0 Å². The molecule has 2 aromatic heterocycles. The number of rotatable bonds is 6. The quantitative estimate of drug-likeness (QED) is 0.162. The molecule has 0 atom stereocenters. The van der Waals surface area contributed by atoms with Crippen LogP contribution in [0.4, 0.5) is 17.1 Å².